The second-order valence-corrected chi connectivity index (χ2v) is 6.19. The number of hydrogen-bond donors (Lipinski definition) is 0. The van der Waals surface area contributed by atoms with Crippen molar-refractivity contribution in [1.29, 1.82) is 0 Å². The van der Waals surface area contributed by atoms with Gasteiger partial charge >= 0.3 is 5.51 Å². The van der Waals surface area contributed by atoms with E-state index in [4.69, 9.17) is 9.47 Å². The van der Waals surface area contributed by atoms with Crippen molar-refractivity contribution in [3.05, 3.63) is 42.0 Å². The standard InChI is InChI=1S/C18H17F4O2S/c1-23-14-9-8-13(11-15(14)24-2)17-12(6-4-10-19)5-3-7-16(17)25-18(20,21)22/h3,5,8-9,11H,4,6,10H2,1-2H3. The number of hydrogen-bond acceptors (Lipinski definition) is 3. The molecule has 0 spiro atoms. The number of methoxy groups -OCH3 is 2. The Kier molecular flexibility index (Phi) is 6.58. The second-order valence-electron chi connectivity index (χ2n) is 5.12. The number of ether oxygens (including phenoxy) is 2. The zero-order valence-corrected chi connectivity index (χ0v) is 14.6. The lowest BCUT2D eigenvalue weighted by Gasteiger charge is -2.17. The second kappa shape index (κ2) is 8.47. The molecule has 7 heteroatoms. The summed E-state index contributed by atoms with van der Waals surface area (Å²) in [6, 6.07) is 10.7. The Balaban J connectivity index is 2.59. The predicted octanol–water partition coefficient (Wildman–Crippen LogP) is 5.68. The van der Waals surface area contributed by atoms with E-state index in [1.54, 1.807) is 24.3 Å². The van der Waals surface area contributed by atoms with E-state index in [2.05, 4.69) is 6.07 Å². The third kappa shape index (κ3) is 5.04. The lowest BCUT2D eigenvalue weighted by atomic mass is 9.96. The third-order valence-electron chi connectivity index (χ3n) is 3.52. The lowest BCUT2D eigenvalue weighted by molar-refractivity contribution is -0.0328. The molecule has 0 saturated heterocycles. The summed E-state index contributed by atoms with van der Waals surface area (Å²) in [7, 11) is 2.93. The van der Waals surface area contributed by atoms with Gasteiger partial charge in [0.1, 0.15) is 0 Å². The van der Waals surface area contributed by atoms with Crippen LogP contribution in [0.2, 0.25) is 0 Å². The first kappa shape index (κ1) is 19.4. The summed E-state index contributed by atoms with van der Waals surface area (Å²) in [4.78, 5) is -0.0453. The molecule has 0 aliphatic heterocycles. The predicted molar refractivity (Wildman–Crippen MR) is 90.0 cm³/mol. The van der Waals surface area contributed by atoms with Gasteiger partial charge in [-0.2, -0.15) is 13.2 Å². The molecule has 0 fully saturated rings. The molecule has 0 heterocycles. The molecule has 0 aromatic heterocycles. The molecule has 2 rings (SSSR count). The van der Waals surface area contributed by atoms with Crippen molar-refractivity contribution in [3.8, 4) is 22.6 Å². The van der Waals surface area contributed by atoms with E-state index in [1.165, 1.54) is 20.3 Å². The number of benzene rings is 2. The molecule has 1 radical (unpaired) electrons. The van der Waals surface area contributed by atoms with Crippen molar-refractivity contribution >= 4 is 11.8 Å². The number of thioether (sulfide) groups is 1. The topological polar surface area (TPSA) is 18.5 Å². The minimum Gasteiger partial charge on any atom is -0.493 e. The Bertz CT molecular complexity index is 717. The molecule has 0 unspecified atom stereocenters. The van der Waals surface area contributed by atoms with E-state index in [9.17, 15) is 17.6 Å². The Hall–Kier alpha value is -1.89. The summed E-state index contributed by atoms with van der Waals surface area (Å²) in [5, 5.41) is 0. The SMILES string of the molecule is COc1ccc(-c2c(SC(F)(F)F)[c]ccc2CCCF)cc1OC. The Morgan fingerprint density at radius 3 is 2.40 bits per heavy atom. The quantitative estimate of drug-likeness (QED) is 0.459. The Labute approximate surface area is 148 Å². The summed E-state index contributed by atoms with van der Waals surface area (Å²) < 4.78 is 61.7. The Morgan fingerprint density at radius 1 is 1.08 bits per heavy atom. The maximum absolute atomic E-state index is 12.9. The van der Waals surface area contributed by atoms with Crippen LogP contribution in [0.4, 0.5) is 17.6 Å². The van der Waals surface area contributed by atoms with E-state index in [0.717, 1.165) is 0 Å². The molecule has 135 valence electrons. The summed E-state index contributed by atoms with van der Waals surface area (Å²) in [6.07, 6.45) is 0.570. The molecule has 0 bridgehead atoms. The average molecular weight is 373 g/mol. The molecule has 0 atom stereocenters. The highest BCUT2D eigenvalue weighted by atomic mass is 32.2. The molecule has 2 aromatic carbocycles. The van der Waals surface area contributed by atoms with Gasteiger partial charge in [0.2, 0.25) is 0 Å². The molecular weight excluding hydrogens is 356 g/mol. The van der Waals surface area contributed by atoms with Crippen molar-refractivity contribution in [2.75, 3.05) is 20.9 Å². The van der Waals surface area contributed by atoms with Crippen molar-refractivity contribution < 1.29 is 27.0 Å². The van der Waals surface area contributed by atoms with Gasteiger partial charge < -0.3 is 9.47 Å². The van der Waals surface area contributed by atoms with Gasteiger partial charge in [0.15, 0.2) is 11.5 Å². The minimum absolute atomic E-state index is 0.0453. The number of rotatable bonds is 7. The zero-order chi connectivity index (χ0) is 18.4. The van der Waals surface area contributed by atoms with Crippen LogP contribution < -0.4 is 9.47 Å². The van der Waals surface area contributed by atoms with Crippen molar-refractivity contribution in [1.82, 2.24) is 0 Å². The van der Waals surface area contributed by atoms with Crippen LogP contribution in [-0.4, -0.2) is 26.4 Å². The van der Waals surface area contributed by atoms with E-state index < -0.39 is 12.2 Å². The third-order valence-corrected chi connectivity index (χ3v) is 4.27. The smallest absolute Gasteiger partial charge is 0.446 e. The summed E-state index contributed by atoms with van der Waals surface area (Å²) in [5.41, 5.74) is -2.88. The maximum Gasteiger partial charge on any atom is 0.446 e. The van der Waals surface area contributed by atoms with Gasteiger partial charge in [0.05, 0.1) is 20.9 Å². The number of aryl methyl sites for hydroxylation is 1. The van der Waals surface area contributed by atoms with E-state index in [0.29, 0.717) is 34.6 Å². The molecule has 0 amide bonds. The van der Waals surface area contributed by atoms with Crippen LogP contribution in [0.15, 0.2) is 35.2 Å². The monoisotopic (exact) mass is 373 g/mol. The molecule has 0 aliphatic carbocycles. The molecule has 2 aromatic rings. The maximum atomic E-state index is 12.9. The van der Waals surface area contributed by atoms with Crippen molar-refractivity contribution in [3.63, 3.8) is 0 Å². The first-order valence-electron chi connectivity index (χ1n) is 7.47. The van der Waals surface area contributed by atoms with Crippen molar-refractivity contribution in [2.24, 2.45) is 0 Å². The fourth-order valence-electron chi connectivity index (χ4n) is 2.49. The van der Waals surface area contributed by atoms with E-state index in [-0.39, 0.29) is 23.1 Å². The molecule has 0 saturated carbocycles. The zero-order valence-electron chi connectivity index (χ0n) is 13.7. The van der Waals surface area contributed by atoms with Crippen LogP contribution in [-0.2, 0) is 6.42 Å². The van der Waals surface area contributed by atoms with Crippen LogP contribution in [0, 0.1) is 6.07 Å². The molecule has 0 aliphatic rings. The number of halogens is 4. The fraction of sp³-hybridized carbons (Fsp3) is 0.333. The first-order chi connectivity index (χ1) is 11.9. The van der Waals surface area contributed by atoms with Gasteiger partial charge in [-0.15, -0.1) is 0 Å². The van der Waals surface area contributed by atoms with Gasteiger partial charge in [-0.3, -0.25) is 4.39 Å². The molecule has 25 heavy (non-hydrogen) atoms. The normalized spacial score (nSPS) is 11.4. The average Bonchev–Trinajstić information content (AvgIpc) is 2.58. The van der Waals surface area contributed by atoms with Gasteiger partial charge in [0.25, 0.3) is 0 Å². The van der Waals surface area contributed by atoms with Crippen LogP contribution in [0.3, 0.4) is 0 Å². The van der Waals surface area contributed by atoms with E-state index >= 15 is 0 Å². The van der Waals surface area contributed by atoms with Crippen LogP contribution in [0.5, 0.6) is 11.5 Å². The van der Waals surface area contributed by atoms with Gasteiger partial charge in [-0.1, -0.05) is 18.2 Å². The summed E-state index contributed by atoms with van der Waals surface area (Å²) in [5.74, 6) is 0.879. The highest BCUT2D eigenvalue weighted by Crippen LogP contribution is 2.44. The number of alkyl halides is 4. The van der Waals surface area contributed by atoms with E-state index in [1.807, 2.05) is 0 Å². The van der Waals surface area contributed by atoms with Gasteiger partial charge in [0, 0.05) is 4.90 Å². The molecular formula is C18H17F4O2S. The highest BCUT2D eigenvalue weighted by molar-refractivity contribution is 8.00. The van der Waals surface area contributed by atoms with Crippen LogP contribution in [0.1, 0.15) is 12.0 Å². The molecule has 0 N–H and O–H groups in total. The van der Waals surface area contributed by atoms with Crippen LogP contribution in [0.25, 0.3) is 11.1 Å². The largest absolute Gasteiger partial charge is 0.493 e. The van der Waals surface area contributed by atoms with Crippen LogP contribution >= 0.6 is 11.8 Å². The Morgan fingerprint density at radius 2 is 1.80 bits per heavy atom. The summed E-state index contributed by atoms with van der Waals surface area (Å²) >= 11 is -0.228. The first-order valence-corrected chi connectivity index (χ1v) is 8.29. The van der Waals surface area contributed by atoms with Gasteiger partial charge in [-0.25, -0.2) is 0 Å². The lowest BCUT2D eigenvalue weighted by Crippen LogP contribution is -2.02. The van der Waals surface area contributed by atoms with Crippen molar-refractivity contribution in [2.45, 2.75) is 23.2 Å². The molecule has 2 nitrogen and oxygen atoms in total. The highest BCUT2D eigenvalue weighted by Gasteiger charge is 2.31. The fourth-order valence-corrected chi connectivity index (χ4v) is 3.20. The minimum atomic E-state index is -4.44. The van der Waals surface area contributed by atoms with Gasteiger partial charge in [-0.05, 0) is 59.5 Å². The summed E-state index contributed by atoms with van der Waals surface area (Å²) in [6.45, 7) is -0.536.